The van der Waals surface area contributed by atoms with Gasteiger partial charge in [0.2, 0.25) is 11.8 Å². The van der Waals surface area contributed by atoms with Gasteiger partial charge in [-0.1, -0.05) is 60.1 Å². The summed E-state index contributed by atoms with van der Waals surface area (Å²) in [4.78, 5) is 38.7. The zero-order valence-electron chi connectivity index (χ0n) is 22.4. The lowest BCUT2D eigenvalue weighted by Crippen LogP contribution is -2.51. The Bertz CT molecular complexity index is 1450. The molecule has 3 aromatic carbocycles. The molecule has 3 rings (SSSR count). The van der Waals surface area contributed by atoms with Crippen molar-refractivity contribution in [3.63, 3.8) is 0 Å². The van der Waals surface area contributed by atoms with Crippen LogP contribution >= 0.6 is 15.9 Å². The average molecular weight is 632 g/mol. The number of amides is 2. The van der Waals surface area contributed by atoms with Crippen molar-refractivity contribution in [1.82, 2.24) is 10.2 Å². The second-order valence-corrected chi connectivity index (χ2v) is 12.3. The van der Waals surface area contributed by atoms with Crippen molar-refractivity contribution in [2.24, 2.45) is 5.92 Å². The lowest BCUT2D eigenvalue weighted by atomic mass is 10.1. The first-order valence-electron chi connectivity index (χ1n) is 12.5. The fourth-order valence-electron chi connectivity index (χ4n) is 3.86. The third-order valence-electron chi connectivity index (χ3n) is 6.05. The Labute approximate surface area is 242 Å². The fourth-order valence-corrected chi connectivity index (χ4v) is 5.74. The Balaban J connectivity index is 2.02. The van der Waals surface area contributed by atoms with Crippen molar-refractivity contribution in [3.05, 3.63) is 99.0 Å². The molecule has 0 bridgehead atoms. The van der Waals surface area contributed by atoms with E-state index in [2.05, 4.69) is 21.2 Å². The van der Waals surface area contributed by atoms with Gasteiger partial charge in [-0.3, -0.25) is 24.0 Å². The summed E-state index contributed by atoms with van der Waals surface area (Å²) < 4.78 is 29.1. The highest BCUT2D eigenvalue weighted by Gasteiger charge is 2.32. The number of halogens is 1. The Kier molecular flexibility index (Phi) is 10.4. The molecular formula is C28H31BrN4O6S. The van der Waals surface area contributed by atoms with Crippen LogP contribution in [0.3, 0.4) is 0 Å². The quantitative estimate of drug-likeness (QED) is 0.227. The third-order valence-corrected chi connectivity index (χ3v) is 8.33. The monoisotopic (exact) mass is 630 g/mol. The van der Waals surface area contributed by atoms with Crippen LogP contribution in [0.2, 0.25) is 0 Å². The number of carbonyl (C=O) groups excluding carboxylic acids is 2. The van der Waals surface area contributed by atoms with Crippen LogP contribution in [0.4, 0.5) is 11.4 Å². The molecule has 0 aliphatic rings. The molecule has 1 atom stereocenters. The number of sulfonamides is 1. The molecule has 40 heavy (non-hydrogen) atoms. The van der Waals surface area contributed by atoms with Crippen LogP contribution in [-0.4, -0.2) is 49.2 Å². The summed E-state index contributed by atoms with van der Waals surface area (Å²) >= 11 is 3.42. The molecule has 0 radical (unpaired) electrons. The average Bonchev–Trinajstić information content (AvgIpc) is 2.93. The number of anilines is 1. The fraction of sp³-hybridized carbons (Fsp3) is 0.286. The van der Waals surface area contributed by atoms with Gasteiger partial charge in [-0.25, -0.2) is 8.42 Å². The molecule has 0 unspecified atom stereocenters. The SMILES string of the molecule is CC(C)CNC(=O)[C@@H](C)N(Cc1cccc(Br)c1)C(=O)CN(c1ccc([N+](=O)[O-])cc1)S(=O)(=O)c1ccccc1. The van der Waals surface area contributed by atoms with Crippen molar-refractivity contribution >= 4 is 49.1 Å². The van der Waals surface area contributed by atoms with Gasteiger partial charge in [0, 0.05) is 29.7 Å². The largest absolute Gasteiger partial charge is 0.354 e. The Hall–Kier alpha value is -3.77. The topological polar surface area (TPSA) is 130 Å². The highest BCUT2D eigenvalue weighted by Crippen LogP contribution is 2.26. The summed E-state index contributed by atoms with van der Waals surface area (Å²) in [6.45, 7) is 5.32. The van der Waals surface area contributed by atoms with E-state index in [0.29, 0.717) is 6.54 Å². The van der Waals surface area contributed by atoms with Crippen LogP contribution in [0.1, 0.15) is 26.3 Å². The molecule has 0 saturated carbocycles. The predicted molar refractivity (Wildman–Crippen MR) is 156 cm³/mol. The summed E-state index contributed by atoms with van der Waals surface area (Å²) in [7, 11) is -4.25. The molecule has 0 spiro atoms. The van der Waals surface area contributed by atoms with E-state index in [-0.39, 0.29) is 34.6 Å². The second-order valence-electron chi connectivity index (χ2n) is 9.56. The smallest absolute Gasteiger partial charge is 0.269 e. The molecule has 2 amide bonds. The normalized spacial score (nSPS) is 12.0. The number of hydrogen-bond donors (Lipinski definition) is 1. The number of nitro groups is 1. The first kappa shape index (κ1) is 30.8. The number of non-ortho nitro benzene ring substituents is 1. The van der Waals surface area contributed by atoms with Gasteiger partial charge >= 0.3 is 0 Å². The second kappa shape index (κ2) is 13.5. The van der Waals surface area contributed by atoms with E-state index in [1.54, 1.807) is 37.3 Å². The van der Waals surface area contributed by atoms with Gasteiger partial charge in [0.25, 0.3) is 15.7 Å². The van der Waals surface area contributed by atoms with Gasteiger partial charge in [-0.2, -0.15) is 0 Å². The molecule has 1 N–H and O–H groups in total. The Morgan fingerprint density at radius 2 is 1.62 bits per heavy atom. The maximum absolute atomic E-state index is 13.9. The van der Waals surface area contributed by atoms with Crippen LogP contribution in [0.15, 0.2) is 88.2 Å². The highest BCUT2D eigenvalue weighted by molar-refractivity contribution is 9.10. The van der Waals surface area contributed by atoms with Gasteiger partial charge in [0.05, 0.1) is 15.5 Å². The molecular weight excluding hydrogens is 600 g/mol. The number of carbonyl (C=O) groups is 2. The molecule has 0 heterocycles. The van der Waals surface area contributed by atoms with Crippen molar-refractivity contribution < 1.29 is 22.9 Å². The van der Waals surface area contributed by atoms with Crippen molar-refractivity contribution in [2.75, 3.05) is 17.4 Å². The summed E-state index contributed by atoms with van der Waals surface area (Å²) in [6, 6.07) is 18.8. The molecule has 0 aromatic heterocycles. The first-order chi connectivity index (χ1) is 18.9. The van der Waals surface area contributed by atoms with E-state index >= 15 is 0 Å². The van der Waals surface area contributed by atoms with Gasteiger partial charge in [0.15, 0.2) is 0 Å². The maximum Gasteiger partial charge on any atom is 0.269 e. The first-order valence-corrected chi connectivity index (χ1v) is 14.8. The summed E-state index contributed by atoms with van der Waals surface area (Å²) in [5.41, 5.74) is 0.583. The van der Waals surface area contributed by atoms with E-state index < -0.39 is 33.4 Å². The van der Waals surface area contributed by atoms with Crippen LogP contribution in [0, 0.1) is 16.0 Å². The van der Waals surface area contributed by atoms with Crippen LogP contribution in [-0.2, 0) is 26.2 Å². The Morgan fingerprint density at radius 1 is 0.975 bits per heavy atom. The molecule has 3 aromatic rings. The van der Waals surface area contributed by atoms with Gasteiger partial charge in [-0.15, -0.1) is 0 Å². The molecule has 10 nitrogen and oxygen atoms in total. The third kappa shape index (κ3) is 7.89. The number of nitrogens with zero attached hydrogens (tertiary/aromatic N) is 3. The minimum Gasteiger partial charge on any atom is -0.354 e. The molecule has 0 aliphatic carbocycles. The van der Waals surface area contributed by atoms with Gasteiger partial charge < -0.3 is 10.2 Å². The lowest BCUT2D eigenvalue weighted by Gasteiger charge is -2.32. The van der Waals surface area contributed by atoms with Crippen molar-refractivity contribution in [1.29, 1.82) is 0 Å². The van der Waals surface area contributed by atoms with Crippen LogP contribution < -0.4 is 9.62 Å². The zero-order chi connectivity index (χ0) is 29.4. The summed E-state index contributed by atoms with van der Waals surface area (Å²) in [6.07, 6.45) is 0. The van der Waals surface area contributed by atoms with E-state index in [0.717, 1.165) is 14.3 Å². The minimum atomic E-state index is -4.25. The Morgan fingerprint density at radius 3 is 2.20 bits per heavy atom. The zero-order valence-corrected chi connectivity index (χ0v) is 24.8. The van der Waals surface area contributed by atoms with Crippen molar-refractivity contribution in [2.45, 2.75) is 38.3 Å². The number of hydrogen-bond acceptors (Lipinski definition) is 6. The van der Waals surface area contributed by atoms with Gasteiger partial charge in [0.1, 0.15) is 12.6 Å². The number of rotatable bonds is 12. The van der Waals surface area contributed by atoms with Crippen molar-refractivity contribution in [3.8, 4) is 0 Å². The molecule has 0 fully saturated rings. The van der Waals surface area contributed by atoms with E-state index in [1.807, 2.05) is 26.0 Å². The standard InChI is InChI=1S/C28H31BrN4O6S/c1-20(2)17-30-28(35)21(3)31(18-22-8-7-9-23(29)16-22)27(34)19-32(24-12-14-25(15-13-24)33(36)37)40(38,39)26-10-5-4-6-11-26/h4-16,20-21H,17-19H2,1-3H3,(H,30,35)/t21-/m1/s1. The molecule has 212 valence electrons. The number of benzene rings is 3. The molecule has 0 aliphatic heterocycles. The summed E-state index contributed by atoms with van der Waals surface area (Å²) in [5.74, 6) is -0.797. The lowest BCUT2D eigenvalue weighted by molar-refractivity contribution is -0.384. The van der Waals surface area contributed by atoms with Gasteiger partial charge in [-0.05, 0) is 54.8 Å². The number of nitro benzene ring substituents is 1. The maximum atomic E-state index is 13.9. The van der Waals surface area contributed by atoms with E-state index in [4.69, 9.17) is 0 Å². The number of nitrogens with one attached hydrogen (secondary N) is 1. The summed E-state index contributed by atoms with van der Waals surface area (Å²) in [5, 5.41) is 14.0. The molecule has 0 saturated heterocycles. The molecule has 12 heteroatoms. The predicted octanol–water partition coefficient (Wildman–Crippen LogP) is 4.74. The van der Waals surface area contributed by atoms with E-state index in [9.17, 15) is 28.1 Å². The van der Waals surface area contributed by atoms with E-state index in [1.165, 1.54) is 41.3 Å². The van der Waals surface area contributed by atoms with Crippen LogP contribution in [0.25, 0.3) is 0 Å². The van der Waals surface area contributed by atoms with Crippen LogP contribution in [0.5, 0.6) is 0 Å². The highest BCUT2D eigenvalue weighted by atomic mass is 79.9. The minimum absolute atomic E-state index is 0.0496.